The van der Waals surface area contributed by atoms with Crippen molar-refractivity contribution in [3.63, 3.8) is 0 Å². The minimum Gasteiger partial charge on any atom is -0.443 e. The van der Waals surface area contributed by atoms with Crippen molar-refractivity contribution in [3.8, 4) is 0 Å². The van der Waals surface area contributed by atoms with Crippen LogP contribution < -0.4 is 21.3 Å². The molecule has 0 aromatic carbocycles. The molecule has 4 N–H and O–H groups in total. The van der Waals surface area contributed by atoms with Crippen molar-refractivity contribution in [2.24, 2.45) is 16.5 Å². The summed E-state index contributed by atoms with van der Waals surface area (Å²) in [5.74, 6) is 0.0370. The third-order valence-electron chi connectivity index (χ3n) is 3.98. The normalized spacial score (nSPS) is 14.0. The van der Waals surface area contributed by atoms with Gasteiger partial charge in [0.05, 0.1) is 0 Å². The van der Waals surface area contributed by atoms with Crippen LogP contribution in [-0.4, -0.2) is 53.4 Å². The van der Waals surface area contributed by atoms with Crippen molar-refractivity contribution < 1.29 is 13.9 Å². The Bertz CT molecular complexity index is 820. The van der Waals surface area contributed by atoms with Crippen molar-refractivity contribution in [2.75, 3.05) is 36.0 Å². The highest BCUT2D eigenvalue weighted by Crippen LogP contribution is 2.22. The van der Waals surface area contributed by atoms with Gasteiger partial charge in [0, 0.05) is 44.1 Å². The zero-order chi connectivity index (χ0) is 19.2. The monoisotopic (exact) mass is 374 g/mol. The lowest BCUT2D eigenvalue weighted by molar-refractivity contribution is 0.149. The number of carbonyl (C=O) groups is 1. The molecule has 1 saturated heterocycles. The van der Waals surface area contributed by atoms with Crippen LogP contribution >= 0.6 is 0 Å². The predicted molar refractivity (Wildman–Crippen MR) is 96.6 cm³/mol. The number of hydrogen-bond donors (Lipinski definition) is 2. The Morgan fingerprint density at radius 1 is 1.19 bits per heavy atom. The summed E-state index contributed by atoms with van der Waals surface area (Å²) in [6, 6.07) is 5.15. The maximum absolute atomic E-state index is 14.8. The Morgan fingerprint density at radius 2 is 1.93 bits per heavy atom. The maximum Gasteiger partial charge on any atom is 0.437 e. The van der Waals surface area contributed by atoms with E-state index in [-0.39, 0.29) is 18.0 Å². The van der Waals surface area contributed by atoms with Gasteiger partial charge < -0.3 is 26.0 Å². The lowest BCUT2D eigenvalue weighted by Crippen LogP contribution is -2.47. The molecule has 11 heteroatoms. The summed E-state index contributed by atoms with van der Waals surface area (Å²) in [4.78, 5) is 22.6. The van der Waals surface area contributed by atoms with Crippen LogP contribution in [0.5, 0.6) is 0 Å². The van der Waals surface area contributed by atoms with E-state index < -0.39 is 17.9 Å². The summed E-state index contributed by atoms with van der Waals surface area (Å²) in [5, 5.41) is 7.96. The summed E-state index contributed by atoms with van der Waals surface area (Å²) >= 11 is 0. The molecule has 0 saturated carbocycles. The Kier molecular flexibility index (Phi) is 5.59. The first-order valence-corrected chi connectivity index (χ1v) is 8.22. The summed E-state index contributed by atoms with van der Waals surface area (Å²) in [6.07, 6.45) is 2.10. The van der Waals surface area contributed by atoms with E-state index in [0.717, 1.165) is 5.82 Å². The largest absolute Gasteiger partial charge is 0.443 e. The fourth-order valence-corrected chi connectivity index (χ4v) is 2.69. The molecule has 3 heterocycles. The third-order valence-corrected chi connectivity index (χ3v) is 3.98. The minimum absolute atomic E-state index is 0.190. The number of amides is 1. The Balaban J connectivity index is 1.64. The number of aliphatic imine (C=N–C) groups is 1. The van der Waals surface area contributed by atoms with Crippen LogP contribution in [0.4, 0.5) is 20.8 Å². The van der Waals surface area contributed by atoms with Gasteiger partial charge in [0.15, 0.2) is 23.4 Å². The summed E-state index contributed by atoms with van der Waals surface area (Å²) in [5.41, 5.74) is 10.4. The molecule has 1 aliphatic heterocycles. The highest BCUT2D eigenvalue weighted by atomic mass is 19.1. The topological polar surface area (TPSA) is 136 Å². The number of guanidine groups is 1. The lowest BCUT2D eigenvalue weighted by Gasteiger charge is -2.36. The molecule has 27 heavy (non-hydrogen) atoms. The van der Waals surface area contributed by atoms with Gasteiger partial charge in [0.25, 0.3) is 0 Å². The van der Waals surface area contributed by atoms with E-state index in [1.165, 1.54) is 12.3 Å². The first-order valence-electron chi connectivity index (χ1n) is 8.22. The van der Waals surface area contributed by atoms with Crippen LogP contribution in [0.15, 0.2) is 35.6 Å². The van der Waals surface area contributed by atoms with Crippen LogP contribution in [0.2, 0.25) is 0 Å². The average molecular weight is 374 g/mol. The molecule has 142 valence electrons. The molecule has 1 aliphatic rings. The molecule has 2 aromatic heterocycles. The number of ether oxygens (including phenoxy) is 1. The highest BCUT2D eigenvalue weighted by molar-refractivity contribution is 5.87. The Hall–Kier alpha value is -3.50. The number of pyridine rings is 1. The van der Waals surface area contributed by atoms with Crippen LogP contribution in [0, 0.1) is 5.82 Å². The van der Waals surface area contributed by atoms with Crippen molar-refractivity contribution in [1.29, 1.82) is 0 Å². The molecular weight excluding hydrogens is 355 g/mol. The first kappa shape index (κ1) is 18.3. The van der Waals surface area contributed by atoms with Crippen molar-refractivity contribution >= 4 is 23.7 Å². The van der Waals surface area contributed by atoms with Gasteiger partial charge in [0.2, 0.25) is 0 Å². The van der Waals surface area contributed by atoms with Gasteiger partial charge in [-0.3, -0.25) is 0 Å². The van der Waals surface area contributed by atoms with Crippen molar-refractivity contribution in [3.05, 3.63) is 42.0 Å². The van der Waals surface area contributed by atoms with Crippen LogP contribution in [0.3, 0.4) is 0 Å². The van der Waals surface area contributed by atoms with Gasteiger partial charge in [-0.15, -0.1) is 10.1 Å². The summed E-state index contributed by atoms with van der Waals surface area (Å²) < 4.78 is 19.6. The zero-order valence-electron chi connectivity index (χ0n) is 14.5. The predicted octanol–water partition coefficient (Wildman–Crippen LogP) is 0.247. The van der Waals surface area contributed by atoms with Gasteiger partial charge in [-0.2, -0.15) is 5.10 Å². The number of halogens is 1. The van der Waals surface area contributed by atoms with E-state index in [1.807, 2.05) is 17.0 Å². The van der Waals surface area contributed by atoms with Gasteiger partial charge in [-0.05, 0) is 18.2 Å². The molecule has 1 fully saturated rings. The van der Waals surface area contributed by atoms with E-state index in [1.54, 1.807) is 6.20 Å². The van der Waals surface area contributed by atoms with Crippen molar-refractivity contribution in [1.82, 2.24) is 15.2 Å². The quantitative estimate of drug-likeness (QED) is 0.570. The number of carbonyl (C=O) groups excluding carboxylic acids is 1. The molecule has 0 radical (unpaired) electrons. The average Bonchev–Trinajstić information content (AvgIpc) is 2.67. The highest BCUT2D eigenvalue weighted by Gasteiger charge is 2.23. The minimum atomic E-state index is -0.981. The molecule has 0 spiro atoms. The second-order valence-electron chi connectivity index (χ2n) is 5.75. The molecule has 10 nitrogen and oxygen atoms in total. The van der Waals surface area contributed by atoms with E-state index in [4.69, 9.17) is 16.2 Å². The van der Waals surface area contributed by atoms with Gasteiger partial charge >= 0.3 is 6.09 Å². The Morgan fingerprint density at radius 3 is 2.59 bits per heavy atom. The van der Waals surface area contributed by atoms with E-state index in [0.29, 0.717) is 26.2 Å². The molecule has 0 unspecified atom stereocenters. The SMILES string of the molecule is NC(N)=NC(=O)OCc1ccnc(N2CCN(c3cccnn3)CC2)c1F. The standard InChI is InChI=1S/C16H19FN8O2/c17-13-11(10-27-16(26)22-15(18)19)3-5-20-14(13)25-8-6-24(7-9-25)12-2-1-4-21-23-12/h1-5H,6-10H2,(H4,18,19,22,26). The van der Waals surface area contributed by atoms with Crippen LogP contribution in [0.1, 0.15) is 5.56 Å². The van der Waals surface area contributed by atoms with Gasteiger partial charge in [0.1, 0.15) is 6.61 Å². The molecule has 2 aromatic rings. The number of aromatic nitrogens is 3. The number of anilines is 2. The molecule has 1 amide bonds. The van der Waals surface area contributed by atoms with E-state index in [9.17, 15) is 9.18 Å². The Labute approximate surface area is 154 Å². The maximum atomic E-state index is 14.8. The number of nitrogens with zero attached hydrogens (tertiary/aromatic N) is 6. The molecule has 0 aliphatic carbocycles. The fraction of sp³-hybridized carbons (Fsp3) is 0.312. The van der Waals surface area contributed by atoms with E-state index in [2.05, 4.69) is 25.1 Å². The number of rotatable bonds is 4. The molecule has 3 rings (SSSR count). The van der Waals surface area contributed by atoms with Gasteiger partial charge in [-0.25, -0.2) is 14.2 Å². The zero-order valence-corrected chi connectivity index (χ0v) is 14.5. The summed E-state index contributed by atoms with van der Waals surface area (Å²) in [7, 11) is 0. The van der Waals surface area contributed by atoms with E-state index >= 15 is 0 Å². The molecular formula is C16H19FN8O2. The second kappa shape index (κ2) is 8.25. The number of hydrogen-bond acceptors (Lipinski definition) is 7. The van der Waals surface area contributed by atoms with Crippen LogP contribution in [-0.2, 0) is 11.3 Å². The number of nitrogens with two attached hydrogens (primary N) is 2. The summed E-state index contributed by atoms with van der Waals surface area (Å²) in [6.45, 7) is 2.15. The fourth-order valence-electron chi connectivity index (χ4n) is 2.69. The second-order valence-corrected chi connectivity index (χ2v) is 5.75. The smallest absolute Gasteiger partial charge is 0.437 e. The number of piperazine rings is 1. The third kappa shape index (κ3) is 4.57. The van der Waals surface area contributed by atoms with Crippen molar-refractivity contribution in [2.45, 2.75) is 6.61 Å². The van der Waals surface area contributed by atoms with Gasteiger partial charge in [-0.1, -0.05) is 0 Å². The molecule has 0 bridgehead atoms. The lowest BCUT2D eigenvalue weighted by atomic mass is 10.2. The van der Waals surface area contributed by atoms with Crippen LogP contribution in [0.25, 0.3) is 0 Å². The molecule has 0 atom stereocenters. The first-order chi connectivity index (χ1) is 13.0.